The molecule has 110 valence electrons. The van der Waals surface area contributed by atoms with Crippen LogP contribution in [0, 0.1) is 0 Å². The van der Waals surface area contributed by atoms with Crippen LogP contribution in [0.25, 0.3) is 0 Å². The van der Waals surface area contributed by atoms with E-state index in [0.717, 1.165) is 4.90 Å². The number of carboxylic acid groups (broad SMARTS) is 1. The monoisotopic (exact) mass is 285 g/mol. The number of carbonyl (C=O) groups is 4. The summed E-state index contributed by atoms with van der Waals surface area (Å²) in [5.41, 5.74) is 0. The number of imide groups is 1. The Morgan fingerprint density at radius 3 is 2.75 bits per heavy atom. The summed E-state index contributed by atoms with van der Waals surface area (Å²) in [5, 5.41) is 11.0. The molecule has 2 N–H and O–H groups in total. The zero-order valence-electron chi connectivity index (χ0n) is 10.7. The highest BCUT2D eigenvalue weighted by atomic mass is 16.5. The zero-order chi connectivity index (χ0) is 14.7. The molecule has 0 saturated carbocycles. The first kappa shape index (κ1) is 14.3. The summed E-state index contributed by atoms with van der Waals surface area (Å²) in [7, 11) is 0. The quantitative estimate of drug-likeness (QED) is 0.591. The lowest BCUT2D eigenvalue weighted by atomic mass is 10.2. The molecule has 2 aliphatic rings. The Kier molecular flexibility index (Phi) is 4.18. The Balaban J connectivity index is 1.90. The van der Waals surface area contributed by atoms with Crippen molar-refractivity contribution in [2.75, 3.05) is 32.8 Å². The molecule has 20 heavy (non-hydrogen) atoms. The van der Waals surface area contributed by atoms with E-state index in [1.165, 1.54) is 4.90 Å². The molecule has 0 bridgehead atoms. The van der Waals surface area contributed by atoms with Gasteiger partial charge in [-0.25, -0.2) is 4.79 Å². The van der Waals surface area contributed by atoms with Crippen LogP contribution in [0.5, 0.6) is 0 Å². The fraction of sp³-hybridized carbons (Fsp3) is 0.636. The van der Waals surface area contributed by atoms with Crippen molar-refractivity contribution >= 4 is 23.8 Å². The van der Waals surface area contributed by atoms with Crippen LogP contribution in [0.1, 0.15) is 6.42 Å². The van der Waals surface area contributed by atoms with Gasteiger partial charge in [-0.15, -0.1) is 0 Å². The van der Waals surface area contributed by atoms with Crippen LogP contribution in [0.15, 0.2) is 0 Å². The van der Waals surface area contributed by atoms with E-state index in [0.29, 0.717) is 6.54 Å². The SMILES string of the molecule is O=C(O)CC1CN(C(=O)CN2C(=O)CNC2=O)CCO1. The fourth-order valence-corrected chi connectivity index (χ4v) is 2.11. The van der Waals surface area contributed by atoms with Gasteiger partial charge < -0.3 is 20.1 Å². The fourth-order valence-electron chi connectivity index (χ4n) is 2.11. The average molecular weight is 285 g/mol. The summed E-state index contributed by atoms with van der Waals surface area (Å²) in [6, 6.07) is -0.585. The number of carbonyl (C=O) groups excluding carboxylic acids is 3. The van der Waals surface area contributed by atoms with E-state index < -0.39 is 29.9 Å². The third kappa shape index (κ3) is 3.23. The van der Waals surface area contributed by atoms with Gasteiger partial charge in [-0.05, 0) is 0 Å². The zero-order valence-corrected chi connectivity index (χ0v) is 10.7. The molecule has 0 aromatic rings. The van der Waals surface area contributed by atoms with Gasteiger partial charge in [0.1, 0.15) is 6.54 Å². The summed E-state index contributed by atoms with van der Waals surface area (Å²) < 4.78 is 5.25. The van der Waals surface area contributed by atoms with E-state index in [1.54, 1.807) is 0 Å². The van der Waals surface area contributed by atoms with Crippen molar-refractivity contribution in [2.24, 2.45) is 0 Å². The molecular formula is C11H15N3O6. The van der Waals surface area contributed by atoms with E-state index in [9.17, 15) is 19.2 Å². The molecule has 2 fully saturated rings. The second-order valence-corrected chi connectivity index (χ2v) is 4.57. The first-order chi connectivity index (χ1) is 9.47. The number of ether oxygens (including phenoxy) is 1. The number of morpholine rings is 1. The largest absolute Gasteiger partial charge is 0.481 e. The molecule has 0 aromatic carbocycles. The Morgan fingerprint density at radius 1 is 1.40 bits per heavy atom. The maximum Gasteiger partial charge on any atom is 0.325 e. The molecule has 4 amide bonds. The van der Waals surface area contributed by atoms with E-state index in [1.807, 2.05) is 0 Å². The van der Waals surface area contributed by atoms with Crippen molar-refractivity contribution in [3.63, 3.8) is 0 Å². The second kappa shape index (κ2) is 5.87. The molecule has 9 heteroatoms. The smallest absolute Gasteiger partial charge is 0.325 e. The Morgan fingerprint density at radius 2 is 2.15 bits per heavy atom. The van der Waals surface area contributed by atoms with Gasteiger partial charge in [0.25, 0.3) is 5.91 Å². The van der Waals surface area contributed by atoms with Crippen molar-refractivity contribution in [1.29, 1.82) is 0 Å². The molecule has 2 rings (SSSR count). The summed E-state index contributed by atoms with van der Waals surface area (Å²) in [4.78, 5) is 47.6. The highest BCUT2D eigenvalue weighted by Crippen LogP contribution is 2.10. The molecule has 0 aliphatic carbocycles. The standard InChI is InChI=1S/C11H15N3O6/c15-8-4-12-11(19)14(8)6-9(16)13-1-2-20-7(5-13)3-10(17)18/h7H,1-6H2,(H,12,19)(H,17,18). The van der Waals surface area contributed by atoms with E-state index in [2.05, 4.69) is 5.32 Å². The number of carboxylic acids is 1. The lowest BCUT2D eigenvalue weighted by Crippen LogP contribution is -2.50. The summed E-state index contributed by atoms with van der Waals surface area (Å²) in [5.74, 6) is -1.84. The Hall–Kier alpha value is -2.16. The van der Waals surface area contributed by atoms with Gasteiger partial charge in [0.15, 0.2) is 0 Å². The number of aliphatic carboxylic acids is 1. The topological polar surface area (TPSA) is 116 Å². The van der Waals surface area contributed by atoms with Gasteiger partial charge >= 0.3 is 12.0 Å². The maximum atomic E-state index is 12.0. The molecule has 2 saturated heterocycles. The third-order valence-electron chi connectivity index (χ3n) is 3.12. The summed E-state index contributed by atoms with van der Waals surface area (Å²) in [6.45, 7) is 0.276. The molecule has 0 aromatic heterocycles. The number of nitrogens with one attached hydrogen (secondary N) is 1. The minimum atomic E-state index is -1.00. The minimum Gasteiger partial charge on any atom is -0.481 e. The third-order valence-corrected chi connectivity index (χ3v) is 3.12. The van der Waals surface area contributed by atoms with Crippen molar-refractivity contribution in [1.82, 2.24) is 15.1 Å². The van der Waals surface area contributed by atoms with Gasteiger partial charge in [-0.1, -0.05) is 0 Å². The van der Waals surface area contributed by atoms with Crippen LogP contribution >= 0.6 is 0 Å². The molecule has 1 unspecified atom stereocenters. The highest BCUT2D eigenvalue weighted by molar-refractivity contribution is 6.04. The number of nitrogens with zero attached hydrogens (tertiary/aromatic N) is 2. The normalized spacial score (nSPS) is 22.9. The lowest BCUT2D eigenvalue weighted by Gasteiger charge is -2.33. The van der Waals surface area contributed by atoms with Crippen LogP contribution < -0.4 is 5.32 Å². The van der Waals surface area contributed by atoms with Crippen LogP contribution in [-0.2, 0) is 19.1 Å². The van der Waals surface area contributed by atoms with Gasteiger partial charge in [-0.2, -0.15) is 0 Å². The van der Waals surface area contributed by atoms with Gasteiger partial charge in [0, 0.05) is 13.1 Å². The van der Waals surface area contributed by atoms with E-state index >= 15 is 0 Å². The van der Waals surface area contributed by atoms with Gasteiger partial charge in [-0.3, -0.25) is 19.3 Å². The number of rotatable bonds is 4. The number of hydrogen-bond acceptors (Lipinski definition) is 5. The predicted molar refractivity (Wildman–Crippen MR) is 63.7 cm³/mol. The Bertz CT molecular complexity index is 435. The van der Waals surface area contributed by atoms with Crippen LogP contribution in [-0.4, -0.2) is 77.6 Å². The van der Waals surface area contributed by atoms with Gasteiger partial charge in [0.2, 0.25) is 5.91 Å². The maximum absolute atomic E-state index is 12.0. The molecule has 2 aliphatic heterocycles. The van der Waals surface area contributed by atoms with Crippen LogP contribution in [0.4, 0.5) is 4.79 Å². The predicted octanol–water partition coefficient (Wildman–Crippen LogP) is -1.76. The van der Waals surface area contributed by atoms with E-state index in [-0.39, 0.29) is 32.7 Å². The Labute approximate surface area is 114 Å². The van der Waals surface area contributed by atoms with Crippen molar-refractivity contribution in [2.45, 2.75) is 12.5 Å². The van der Waals surface area contributed by atoms with Crippen LogP contribution in [0.2, 0.25) is 0 Å². The number of hydrogen-bond donors (Lipinski definition) is 2. The second-order valence-electron chi connectivity index (χ2n) is 4.57. The van der Waals surface area contributed by atoms with E-state index in [4.69, 9.17) is 9.84 Å². The minimum absolute atomic E-state index is 0.100. The number of urea groups is 1. The first-order valence-corrected chi connectivity index (χ1v) is 6.16. The average Bonchev–Trinajstić information content (AvgIpc) is 2.70. The molecule has 9 nitrogen and oxygen atoms in total. The first-order valence-electron chi connectivity index (χ1n) is 6.16. The number of amides is 4. The molecule has 0 spiro atoms. The molecule has 2 heterocycles. The lowest BCUT2D eigenvalue weighted by molar-refractivity contribution is -0.148. The van der Waals surface area contributed by atoms with Crippen molar-refractivity contribution < 1.29 is 29.0 Å². The molecule has 0 radical (unpaired) electrons. The highest BCUT2D eigenvalue weighted by Gasteiger charge is 2.33. The van der Waals surface area contributed by atoms with Crippen molar-refractivity contribution in [3.05, 3.63) is 0 Å². The molecule has 1 atom stereocenters. The molecular weight excluding hydrogens is 270 g/mol. The van der Waals surface area contributed by atoms with Crippen LogP contribution in [0.3, 0.4) is 0 Å². The van der Waals surface area contributed by atoms with Crippen molar-refractivity contribution in [3.8, 4) is 0 Å². The summed E-state index contributed by atoms with van der Waals surface area (Å²) >= 11 is 0. The summed E-state index contributed by atoms with van der Waals surface area (Å²) in [6.07, 6.45) is -0.749. The van der Waals surface area contributed by atoms with Gasteiger partial charge in [0.05, 0.1) is 25.7 Å².